The molecule has 0 spiro atoms. The summed E-state index contributed by atoms with van der Waals surface area (Å²) in [4.78, 5) is 3.91. The van der Waals surface area contributed by atoms with E-state index < -0.39 is 11.6 Å². The Labute approximate surface area is 121 Å². The van der Waals surface area contributed by atoms with Crippen LogP contribution in [0.15, 0.2) is 35.1 Å². The molecule has 1 heterocycles. The van der Waals surface area contributed by atoms with E-state index in [1.54, 1.807) is 0 Å². The zero-order valence-corrected chi connectivity index (χ0v) is 11.8. The minimum absolute atomic E-state index is 0.0771. The van der Waals surface area contributed by atoms with Crippen LogP contribution in [0.3, 0.4) is 0 Å². The smallest absolute Gasteiger partial charge is 0.201 e. The highest BCUT2D eigenvalue weighted by atomic mass is 79.9. The Morgan fingerprint density at radius 2 is 2.05 bits per heavy atom. The fraction of sp³-hybridized carbons (Fsp3) is 0. The molecule has 1 aromatic carbocycles. The number of aromatic nitrogens is 1. The van der Waals surface area contributed by atoms with Gasteiger partial charge in [0.05, 0.1) is 11.8 Å². The number of hydrogen-bond donors (Lipinski definition) is 1. The second-order valence-electron chi connectivity index (χ2n) is 3.54. The van der Waals surface area contributed by atoms with Gasteiger partial charge in [0.15, 0.2) is 17.3 Å². The number of nitrogens with two attached hydrogens (primary N) is 1. The SMILES string of the molecule is NC(=S)c1ccncc1Oc1cc(Br)cc(F)c1F. The fourth-order valence-corrected chi connectivity index (χ4v) is 1.97. The molecular weight excluding hydrogens is 338 g/mol. The quantitative estimate of drug-likeness (QED) is 0.683. The highest BCUT2D eigenvalue weighted by molar-refractivity contribution is 9.10. The number of hydrogen-bond acceptors (Lipinski definition) is 3. The number of ether oxygens (including phenoxy) is 1. The molecule has 0 bridgehead atoms. The molecule has 1 aromatic heterocycles. The molecule has 2 aromatic rings. The molecule has 0 radical (unpaired) electrons. The first-order valence-corrected chi connectivity index (χ1v) is 6.25. The maximum atomic E-state index is 13.6. The van der Waals surface area contributed by atoms with Gasteiger partial charge in [0.25, 0.3) is 0 Å². The van der Waals surface area contributed by atoms with Crippen molar-refractivity contribution in [2.45, 2.75) is 0 Å². The predicted molar refractivity (Wildman–Crippen MR) is 74.3 cm³/mol. The van der Waals surface area contributed by atoms with Crippen molar-refractivity contribution in [1.82, 2.24) is 4.98 Å². The van der Waals surface area contributed by atoms with Crippen LogP contribution >= 0.6 is 28.1 Å². The molecule has 0 saturated carbocycles. The van der Waals surface area contributed by atoms with Gasteiger partial charge in [-0.3, -0.25) is 4.98 Å². The highest BCUT2D eigenvalue weighted by Gasteiger charge is 2.14. The zero-order valence-electron chi connectivity index (χ0n) is 9.36. The first-order valence-electron chi connectivity index (χ1n) is 5.05. The van der Waals surface area contributed by atoms with Crippen molar-refractivity contribution >= 4 is 33.1 Å². The van der Waals surface area contributed by atoms with Gasteiger partial charge in [0.1, 0.15) is 4.99 Å². The van der Waals surface area contributed by atoms with Crippen LogP contribution in [0.2, 0.25) is 0 Å². The largest absolute Gasteiger partial charge is 0.452 e. The third kappa shape index (κ3) is 3.05. The molecule has 0 atom stereocenters. The molecule has 0 unspecified atom stereocenters. The standard InChI is InChI=1S/C12H7BrF2N2OS/c13-6-3-8(14)11(15)9(4-6)18-10-5-17-2-1-7(10)12(16)19/h1-5H,(H2,16,19). The molecule has 0 aliphatic heterocycles. The number of rotatable bonds is 3. The van der Waals surface area contributed by atoms with Gasteiger partial charge in [-0.15, -0.1) is 0 Å². The van der Waals surface area contributed by atoms with Crippen molar-refractivity contribution in [2.75, 3.05) is 0 Å². The Bertz CT molecular complexity index is 652. The summed E-state index contributed by atoms with van der Waals surface area (Å²) in [6, 6.07) is 3.83. The van der Waals surface area contributed by atoms with Gasteiger partial charge < -0.3 is 10.5 Å². The van der Waals surface area contributed by atoms with Crippen molar-refractivity contribution in [2.24, 2.45) is 5.73 Å². The average molecular weight is 345 g/mol. The van der Waals surface area contributed by atoms with E-state index in [1.807, 2.05) is 0 Å². The van der Waals surface area contributed by atoms with Crippen LogP contribution in [0, 0.1) is 11.6 Å². The second kappa shape index (κ2) is 5.58. The topological polar surface area (TPSA) is 48.1 Å². The van der Waals surface area contributed by atoms with Crippen LogP contribution in [0.1, 0.15) is 5.56 Å². The minimum atomic E-state index is -1.10. The lowest BCUT2D eigenvalue weighted by atomic mass is 10.2. The van der Waals surface area contributed by atoms with Crippen LogP contribution in [0.4, 0.5) is 8.78 Å². The Kier molecular flexibility index (Phi) is 4.06. The number of pyridine rings is 1. The summed E-state index contributed by atoms with van der Waals surface area (Å²) in [5.41, 5.74) is 5.91. The average Bonchev–Trinajstić information content (AvgIpc) is 2.35. The second-order valence-corrected chi connectivity index (χ2v) is 4.89. The summed E-state index contributed by atoms with van der Waals surface area (Å²) in [5.74, 6) is -2.24. The Balaban J connectivity index is 2.45. The Morgan fingerprint density at radius 1 is 1.32 bits per heavy atom. The molecule has 2 rings (SSSR count). The van der Waals surface area contributed by atoms with E-state index in [1.165, 1.54) is 24.5 Å². The molecule has 98 valence electrons. The van der Waals surface area contributed by atoms with Gasteiger partial charge in [0, 0.05) is 10.7 Å². The van der Waals surface area contributed by atoms with Crippen LogP contribution in [-0.4, -0.2) is 9.97 Å². The third-order valence-corrected chi connectivity index (χ3v) is 2.91. The molecule has 2 N–H and O–H groups in total. The zero-order chi connectivity index (χ0) is 14.0. The van der Waals surface area contributed by atoms with E-state index in [-0.39, 0.29) is 16.5 Å². The van der Waals surface area contributed by atoms with Crippen LogP contribution in [0.5, 0.6) is 11.5 Å². The van der Waals surface area contributed by atoms with Crippen LogP contribution < -0.4 is 10.5 Å². The molecule has 3 nitrogen and oxygen atoms in total. The summed E-state index contributed by atoms with van der Waals surface area (Å²) in [5, 5.41) is 0. The summed E-state index contributed by atoms with van der Waals surface area (Å²) in [6.45, 7) is 0. The molecule has 0 aliphatic carbocycles. The summed E-state index contributed by atoms with van der Waals surface area (Å²) < 4.78 is 32.5. The van der Waals surface area contributed by atoms with E-state index in [0.717, 1.165) is 6.07 Å². The van der Waals surface area contributed by atoms with Crippen molar-refractivity contribution in [3.05, 3.63) is 52.3 Å². The summed E-state index contributed by atoms with van der Waals surface area (Å²) in [7, 11) is 0. The normalized spacial score (nSPS) is 10.3. The minimum Gasteiger partial charge on any atom is -0.452 e. The fourth-order valence-electron chi connectivity index (χ4n) is 1.39. The molecule has 19 heavy (non-hydrogen) atoms. The van der Waals surface area contributed by atoms with Crippen LogP contribution in [-0.2, 0) is 0 Å². The van der Waals surface area contributed by atoms with E-state index in [9.17, 15) is 8.78 Å². The first kappa shape index (κ1) is 13.8. The van der Waals surface area contributed by atoms with Crippen LogP contribution in [0.25, 0.3) is 0 Å². The van der Waals surface area contributed by atoms with E-state index >= 15 is 0 Å². The van der Waals surface area contributed by atoms with Crippen molar-refractivity contribution < 1.29 is 13.5 Å². The van der Waals surface area contributed by atoms with E-state index in [2.05, 4.69) is 20.9 Å². The molecule has 0 aliphatic rings. The lowest BCUT2D eigenvalue weighted by Crippen LogP contribution is -2.11. The van der Waals surface area contributed by atoms with Gasteiger partial charge >= 0.3 is 0 Å². The predicted octanol–water partition coefficient (Wildman–Crippen LogP) is 3.55. The van der Waals surface area contributed by atoms with Gasteiger partial charge in [-0.2, -0.15) is 4.39 Å². The van der Waals surface area contributed by atoms with Gasteiger partial charge in [0.2, 0.25) is 5.82 Å². The molecule has 0 saturated heterocycles. The molecular formula is C12H7BrF2N2OS. The van der Waals surface area contributed by atoms with Gasteiger partial charge in [-0.25, -0.2) is 4.39 Å². The van der Waals surface area contributed by atoms with Crippen molar-refractivity contribution in [3.63, 3.8) is 0 Å². The van der Waals surface area contributed by atoms with Crippen molar-refractivity contribution in [1.29, 1.82) is 0 Å². The molecule has 0 fully saturated rings. The van der Waals surface area contributed by atoms with Crippen molar-refractivity contribution in [3.8, 4) is 11.5 Å². The van der Waals surface area contributed by atoms with E-state index in [0.29, 0.717) is 10.0 Å². The number of thiocarbonyl (C=S) groups is 1. The number of halogens is 3. The maximum Gasteiger partial charge on any atom is 0.201 e. The number of benzene rings is 1. The third-order valence-electron chi connectivity index (χ3n) is 2.23. The lowest BCUT2D eigenvalue weighted by molar-refractivity contribution is 0.414. The van der Waals surface area contributed by atoms with E-state index in [4.69, 9.17) is 22.7 Å². The molecule has 7 heteroatoms. The summed E-state index contributed by atoms with van der Waals surface area (Å²) >= 11 is 7.90. The Morgan fingerprint density at radius 3 is 2.74 bits per heavy atom. The Hall–Kier alpha value is -1.60. The summed E-state index contributed by atoms with van der Waals surface area (Å²) in [6.07, 6.45) is 2.80. The van der Waals surface area contributed by atoms with Gasteiger partial charge in [-0.1, -0.05) is 28.1 Å². The lowest BCUT2D eigenvalue weighted by Gasteiger charge is -2.10. The number of nitrogens with zero attached hydrogens (tertiary/aromatic N) is 1. The molecule has 0 amide bonds. The van der Waals surface area contributed by atoms with Gasteiger partial charge in [-0.05, 0) is 18.2 Å². The monoisotopic (exact) mass is 344 g/mol. The first-order chi connectivity index (χ1) is 8.99. The highest BCUT2D eigenvalue weighted by Crippen LogP contribution is 2.30. The maximum absolute atomic E-state index is 13.6.